The Kier molecular flexibility index (Phi) is 8.69. The van der Waals surface area contributed by atoms with Crippen molar-refractivity contribution in [3.05, 3.63) is 33.9 Å². The van der Waals surface area contributed by atoms with E-state index in [1.807, 2.05) is 6.92 Å². The topological polar surface area (TPSA) is 120 Å². The van der Waals surface area contributed by atoms with E-state index in [0.717, 1.165) is 12.8 Å². The van der Waals surface area contributed by atoms with Crippen molar-refractivity contribution in [3.8, 4) is 0 Å². The molecule has 0 heterocycles. The number of amides is 1. The van der Waals surface area contributed by atoms with Gasteiger partial charge in [-0.25, -0.2) is 9.59 Å². The van der Waals surface area contributed by atoms with Crippen molar-refractivity contribution in [2.75, 3.05) is 19.0 Å². The molecule has 0 aliphatic heterocycles. The molecule has 1 atom stereocenters. The monoisotopic (exact) mass is 395 g/mol. The number of nitrogens with zero attached hydrogens (tertiary/aromatic N) is 1. The highest BCUT2D eigenvalue weighted by molar-refractivity contribution is 5.98. The van der Waals surface area contributed by atoms with Crippen molar-refractivity contribution >= 4 is 23.4 Å². The Hall–Kier alpha value is -2.84. The van der Waals surface area contributed by atoms with Crippen LogP contribution in [0.3, 0.4) is 0 Å². The molecule has 2 N–H and O–H groups in total. The highest BCUT2D eigenvalue weighted by Gasteiger charge is 2.23. The van der Waals surface area contributed by atoms with Crippen molar-refractivity contribution < 1.29 is 24.0 Å². The Balaban J connectivity index is 2.57. The molecule has 0 aromatic heterocycles. The predicted molar refractivity (Wildman–Crippen MR) is 106 cm³/mol. The molecule has 0 aliphatic carbocycles. The van der Waals surface area contributed by atoms with Gasteiger partial charge in [0.1, 0.15) is 11.3 Å². The zero-order valence-corrected chi connectivity index (χ0v) is 17.0. The molecular formula is C19H29N3O6. The number of hydrogen-bond donors (Lipinski definition) is 2. The van der Waals surface area contributed by atoms with Gasteiger partial charge in [-0.15, -0.1) is 0 Å². The van der Waals surface area contributed by atoms with Crippen molar-refractivity contribution in [2.24, 2.45) is 0 Å². The summed E-state index contributed by atoms with van der Waals surface area (Å²) >= 11 is 0. The molecule has 0 saturated heterocycles. The van der Waals surface area contributed by atoms with Crippen LogP contribution >= 0.6 is 0 Å². The maximum Gasteiger partial charge on any atom is 0.407 e. The lowest BCUT2D eigenvalue weighted by molar-refractivity contribution is -0.384. The number of methoxy groups -OCH3 is 1. The molecule has 0 fully saturated rings. The molecular weight excluding hydrogens is 366 g/mol. The normalized spacial score (nSPS) is 12.0. The number of carbonyl (C=O) groups excluding carboxylic acids is 2. The number of rotatable bonds is 9. The first-order chi connectivity index (χ1) is 13.0. The SMILES string of the molecule is COC(=O)c1cccc([N+](=O)[O-])c1NC(C)CCCCNC(=O)OC(C)(C)C. The maximum absolute atomic E-state index is 11.9. The molecule has 0 radical (unpaired) electrons. The van der Waals surface area contributed by atoms with Gasteiger partial charge < -0.3 is 20.1 Å². The van der Waals surface area contributed by atoms with Crippen LogP contribution < -0.4 is 10.6 Å². The summed E-state index contributed by atoms with van der Waals surface area (Å²) in [5.74, 6) is -0.639. The number of para-hydroxylation sites is 1. The summed E-state index contributed by atoms with van der Waals surface area (Å²) < 4.78 is 9.87. The number of hydrogen-bond acceptors (Lipinski definition) is 7. The highest BCUT2D eigenvalue weighted by Crippen LogP contribution is 2.30. The third-order valence-electron chi connectivity index (χ3n) is 3.77. The van der Waals surface area contributed by atoms with Crippen LogP contribution in [0.4, 0.5) is 16.2 Å². The molecule has 1 amide bonds. The zero-order chi connectivity index (χ0) is 21.3. The number of alkyl carbamates (subject to hydrolysis) is 1. The lowest BCUT2D eigenvalue weighted by Gasteiger charge is -2.20. The second-order valence-corrected chi connectivity index (χ2v) is 7.42. The van der Waals surface area contributed by atoms with E-state index in [2.05, 4.69) is 10.6 Å². The van der Waals surface area contributed by atoms with E-state index in [1.165, 1.54) is 25.3 Å². The van der Waals surface area contributed by atoms with Crippen LogP contribution in [0.25, 0.3) is 0 Å². The van der Waals surface area contributed by atoms with Gasteiger partial charge in [-0.05, 0) is 53.0 Å². The van der Waals surface area contributed by atoms with Crippen LogP contribution in [0.1, 0.15) is 57.3 Å². The van der Waals surface area contributed by atoms with Gasteiger partial charge in [0.25, 0.3) is 5.69 Å². The molecule has 9 heteroatoms. The zero-order valence-electron chi connectivity index (χ0n) is 17.0. The molecule has 1 aromatic carbocycles. The molecule has 0 saturated carbocycles. The standard InChI is InChI=1S/C19H29N3O6/c1-13(9-6-7-12-20-18(24)28-19(2,3)4)21-16-14(17(23)27-5)10-8-11-15(16)22(25)26/h8,10-11,13,21H,6-7,9,12H2,1-5H3,(H,20,24). The Labute approximate surface area is 164 Å². The highest BCUT2D eigenvalue weighted by atomic mass is 16.6. The number of unbranched alkanes of at least 4 members (excludes halogenated alkanes) is 1. The molecule has 0 bridgehead atoms. The minimum atomic E-state index is -0.639. The molecule has 9 nitrogen and oxygen atoms in total. The number of nitro groups is 1. The van der Waals surface area contributed by atoms with Gasteiger partial charge in [0, 0.05) is 18.7 Å². The fraction of sp³-hybridized carbons (Fsp3) is 0.579. The van der Waals surface area contributed by atoms with E-state index in [-0.39, 0.29) is 23.0 Å². The summed E-state index contributed by atoms with van der Waals surface area (Å²) in [4.78, 5) is 34.2. The molecule has 1 aromatic rings. The Bertz CT molecular complexity index is 699. The van der Waals surface area contributed by atoms with Crippen LogP contribution in [0.15, 0.2) is 18.2 Å². The van der Waals surface area contributed by atoms with Gasteiger partial charge in [-0.1, -0.05) is 6.07 Å². The van der Waals surface area contributed by atoms with Gasteiger partial charge in [-0.3, -0.25) is 10.1 Å². The summed E-state index contributed by atoms with van der Waals surface area (Å²) in [6.45, 7) is 7.74. The van der Waals surface area contributed by atoms with E-state index < -0.39 is 22.6 Å². The first-order valence-electron chi connectivity index (χ1n) is 9.14. The van der Waals surface area contributed by atoms with Crippen LogP contribution in [-0.4, -0.2) is 42.3 Å². The van der Waals surface area contributed by atoms with E-state index in [9.17, 15) is 19.7 Å². The Morgan fingerprint density at radius 3 is 2.50 bits per heavy atom. The third kappa shape index (κ3) is 7.81. The molecule has 0 spiro atoms. The van der Waals surface area contributed by atoms with E-state index in [1.54, 1.807) is 20.8 Å². The number of benzene rings is 1. The number of nitrogens with one attached hydrogen (secondary N) is 2. The lowest BCUT2D eigenvalue weighted by atomic mass is 10.1. The summed E-state index contributed by atoms with van der Waals surface area (Å²) in [7, 11) is 1.23. The predicted octanol–water partition coefficient (Wildman–Crippen LogP) is 3.88. The molecule has 28 heavy (non-hydrogen) atoms. The smallest absolute Gasteiger partial charge is 0.407 e. The van der Waals surface area contributed by atoms with Crippen LogP contribution in [-0.2, 0) is 9.47 Å². The van der Waals surface area contributed by atoms with Gasteiger partial charge in [0.15, 0.2) is 0 Å². The fourth-order valence-electron chi connectivity index (χ4n) is 2.52. The number of esters is 1. The van der Waals surface area contributed by atoms with Gasteiger partial charge >= 0.3 is 12.1 Å². The van der Waals surface area contributed by atoms with E-state index in [0.29, 0.717) is 13.0 Å². The summed E-state index contributed by atoms with van der Waals surface area (Å²) in [5.41, 5.74) is -0.445. The third-order valence-corrected chi connectivity index (χ3v) is 3.77. The lowest BCUT2D eigenvalue weighted by Crippen LogP contribution is -2.33. The van der Waals surface area contributed by atoms with Crippen molar-refractivity contribution in [2.45, 2.75) is 58.6 Å². The van der Waals surface area contributed by atoms with Crippen LogP contribution in [0.5, 0.6) is 0 Å². The summed E-state index contributed by atoms with van der Waals surface area (Å²) in [6, 6.07) is 4.15. The number of ether oxygens (including phenoxy) is 2. The summed E-state index contributed by atoms with van der Waals surface area (Å²) in [6.07, 6.45) is 1.74. The average molecular weight is 395 g/mol. The second kappa shape index (κ2) is 10.5. The minimum Gasteiger partial charge on any atom is -0.465 e. The molecule has 0 aliphatic rings. The van der Waals surface area contributed by atoms with Gasteiger partial charge in [0.2, 0.25) is 0 Å². The maximum atomic E-state index is 11.9. The van der Waals surface area contributed by atoms with Crippen molar-refractivity contribution in [1.29, 1.82) is 0 Å². The Morgan fingerprint density at radius 1 is 1.25 bits per heavy atom. The first-order valence-corrected chi connectivity index (χ1v) is 9.14. The molecule has 1 rings (SSSR count). The second-order valence-electron chi connectivity index (χ2n) is 7.42. The quantitative estimate of drug-likeness (QED) is 0.282. The number of carbonyl (C=O) groups is 2. The first kappa shape index (κ1) is 23.2. The van der Waals surface area contributed by atoms with E-state index >= 15 is 0 Å². The van der Waals surface area contributed by atoms with Crippen LogP contribution in [0, 0.1) is 10.1 Å². The number of anilines is 1. The number of nitro benzene ring substituents is 1. The minimum absolute atomic E-state index is 0.119. The Morgan fingerprint density at radius 2 is 1.93 bits per heavy atom. The van der Waals surface area contributed by atoms with Gasteiger partial charge in [0.05, 0.1) is 17.6 Å². The average Bonchev–Trinajstić information content (AvgIpc) is 2.59. The van der Waals surface area contributed by atoms with Crippen molar-refractivity contribution in [1.82, 2.24) is 5.32 Å². The van der Waals surface area contributed by atoms with Crippen LogP contribution in [0.2, 0.25) is 0 Å². The molecule has 1 unspecified atom stereocenters. The van der Waals surface area contributed by atoms with Crippen molar-refractivity contribution in [3.63, 3.8) is 0 Å². The van der Waals surface area contributed by atoms with Gasteiger partial charge in [-0.2, -0.15) is 0 Å². The summed E-state index contributed by atoms with van der Waals surface area (Å²) in [5, 5.41) is 17.0. The molecule has 156 valence electrons. The fourth-order valence-corrected chi connectivity index (χ4v) is 2.52. The largest absolute Gasteiger partial charge is 0.465 e. The van der Waals surface area contributed by atoms with E-state index in [4.69, 9.17) is 9.47 Å².